The van der Waals surface area contributed by atoms with E-state index in [1.54, 1.807) is 29.1 Å². The maximum atomic E-state index is 13.5. The molecule has 0 unspecified atom stereocenters. The van der Waals surface area contributed by atoms with Gasteiger partial charge in [0, 0.05) is 18.1 Å². The molecule has 0 aliphatic heterocycles. The Balaban J connectivity index is 1.42. The number of rotatable bonds is 7. The standard InChI is InChI=1S/C24H20FN3OS/c25-20-10-6-11-21(16-20)28-14-13-26-24(28)30-17-23(29)27-22-12-5-4-9-19(22)15-18-7-2-1-3-8-18/h1-14,16H,15,17H2,(H,27,29). The van der Waals surface area contributed by atoms with Crippen molar-refractivity contribution < 1.29 is 9.18 Å². The van der Waals surface area contributed by atoms with Crippen LogP contribution in [0, 0.1) is 5.82 Å². The van der Waals surface area contributed by atoms with Crippen LogP contribution in [-0.4, -0.2) is 21.2 Å². The Morgan fingerprint density at radius 2 is 1.80 bits per heavy atom. The fourth-order valence-electron chi connectivity index (χ4n) is 3.15. The first-order valence-corrected chi connectivity index (χ1v) is 10.5. The third kappa shape index (κ3) is 4.96. The highest BCUT2D eigenvalue weighted by Gasteiger charge is 2.11. The van der Waals surface area contributed by atoms with Crippen LogP contribution in [0.4, 0.5) is 10.1 Å². The molecule has 1 aromatic heterocycles. The number of benzene rings is 3. The zero-order chi connectivity index (χ0) is 20.8. The average Bonchev–Trinajstić information content (AvgIpc) is 3.23. The number of carbonyl (C=O) groups excluding carboxylic acids is 1. The Kier molecular flexibility index (Phi) is 6.25. The van der Waals surface area contributed by atoms with Crippen molar-refractivity contribution in [2.75, 3.05) is 11.1 Å². The average molecular weight is 418 g/mol. The van der Waals surface area contributed by atoms with Crippen molar-refractivity contribution in [3.63, 3.8) is 0 Å². The number of para-hydroxylation sites is 1. The Hall–Kier alpha value is -3.38. The lowest BCUT2D eigenvalue weighted by atomic mass is 10.0. The minimum Gasteiger partial charge on any atom is -0.325 e. The van der Waals surface area contributed by atoms with Gasteiger partial charge in [-0.3, -0.25) is 9.36 Å². The lowest BCUT2D eigenvalue weighted by Crippen LogP contribution is -2.16. The molecule has 150 valence electrons. The molecule has 1 heterocycles. The topological polar surface area (TPSA) is 46.9 Å². The van der Waals surface area contributed by atoms with Gasteiger partial charge in [0.05, 0.1) is 11.4 Å². The van der Waals surface area contributed by atoms with E-state index >= 15 is 0 Å². The SMILES string of the molecule is O=C(CSc1nccn1-c1cccc(F)c1)Nc1ccccc1Cc1ccccc1. The lowest BCUT2D eigenvalue weighted by Gasteiger charge is -2.12. The monoisotopic (exact) mass is 417 g/mol. The van der Waals surface area contributed by atoms with Crippen LogP contribution in [0.3, 0.4) is 0 Å². The molecule has 1 N–H and O–H groups in total. The van der Waals surface area contributed by atoms with Crippen LogP contribution in [0.1, 0.15) is 11.1 Å². The van der Waals surface area contributed by atoms with E-state index in [-0.39, 0.29) is 17.5 Å². The van der Waals surface area contributed by atoms with Crippen molar-refractivity contribution in [1.82, 2.24) is 9.55 Å². The summed E-state index contributed by atoms with van der Waals surface area (Å²) in [5.41, 5.74) is 3.72. The first-order chi connectivity index (χ1) is 14.7. The largest absolute Gasteiger partial charge is 0.325 e. The lowest BCUT2D eigenvalue weighted by molar-refractivity contribution is -0.113. The van der Waals surface area contributed by atoms with Crippen LogP contribution in [0.2, 0.25) is 0 Å². The van der Waals surface area contributed by atoms with Gasteiger partial charge in [0.1, 0.15) is 5.82 Å². The van der Waals surface area contributed by atoms with Gasteiger partial charge in [0.2, 0.25) is 5.91 Å². The third-order valence-electron chi connectivity index (χ3n) is 4.55. The number of aromatic nitrogens is 2. The molecule has 0 spiro atoms. The number of nitrogens with one attached hydrogen (secondary N) is 1. The van der Waals surface area contributed by atoms with Crippen LogP contribution < -0.4 is 5.32 Å². The van der Waals surface area contributed by atoms with Crippen LogP contribution in [-0.2, 0) is 11.2 Å². The van der Waals surface area contributed by atoms with E-state index in [1.807, 2.05) is 42.5 Å². The minimum atomic E-state index is -0.315. The maximum Gasteiger partial charge on any atom is 0.234 e. The Morgan fingerprint density at radius 3 is 2.63 bits per heavy atom. The molecular formula is C24H20FN3OS. The van der Waals surface area contributed by atoms with Gasteiger partial charge in [0.25, 0.3) is 0 Å². The molecule has 4 aromatic rings. The normalized spacial score (nSPS) is 10.7. The quantitative estimate of drug-likeness (QED) is 0.413. The second-order valence-electron chi connectivity index (χ2n) is 6.72. The fourth-order valence-corrected chi connectivity index (χ4v) is 3.92. The van der Waals surface area contributed by atoms with Gasteiger partial charge in [-0.2, -0.15) is 0 Å². The van der Waals surface area contributed by atoms with Crippen LogP contribution in [0.5, 0.6) is 0 Å². The highest BCUT2D eigenvalue weighted by molar-refractivity contribution is 7.99. The third-order valence-corrected chi connectivity index (χ3v) is 5.52. The summed E-state index contributed by atoms with van der Waals surface area (Å²) < 4.78 is 15.3. The van der Waals surface area contributed by atoms with Gasteiger partial charge in [-0.1, -0.05) is 66.4 Å². The smallest absolute Gasteiger partial charge is 0.234 e. The van der Waals surface area contributed by atoms with E-state index in [0.717, 1.165) is 17.7 Å². The molecule has 30 heavy (non-hydrogen) atoms. The van der Waals surface area contributed by atoms with Crippen molar-refractivity contribution in [3.05, 3.63) is 108 Å². The van der Waals surface area contributed by atoms with Crippen molar-refractivity contribution in [1.29, 1.82) is 0 Å². The number of halogens is 1. The number of nitrogens with zero attached hydrogens (tertiary/aromatic N) is 2. The van der Waals surface area contributed by atoms with E-state index in [1.165, 1.54) is 29.5 Å². The van der Waals surface area contributed by atoms with Gasteiger partial charge in [-0.15, -0.1) is 0 Å². The van der Waals surface area contributed by atoms with Gasteiger partial charge in [-0.05, 0) is 41.8 Å². The summed E-state index contributed by atoms with van der Waals surface area (Å²) in [6, 6.07) is 24.2. The zero-order valence-electron chi connectivity index (χ0n) is 16.2. The van der Waals surface area contributed by atoms with E-state index < -0.39 is 0 Å². The summed E-state index contributed by atoms with van der Waals surface area (Å²) in [6.07, 6.45) is 4.14. The molecule has 1 amide bonds. The van der Waals surface area contributed by atoms with Gasteiger partial charge < -0.3 is 5.32 Å². The van der Waals surface area contributed by atoms with Crippen LogP contribution in [0.25, 0.3) is 5.69 Å². The van der Waals surface area contributed by atoms with Crippen molar-refractivity contribution in [3.8, 4) is 5.69 Å². The Bertz CT molecular complexity index is 1140. The summed E-state index contributed by atoms with van der Waals surface area (Å²) in [5.74, 6) is -0.231. The van der Waals surface area contributed by atoms with Crippen molar-refractivity contribution in [2.45, 2.75) is 11.6 Å². The highest BCUT2D eigenvalue weighted by atomic mass is 32.2. The summed E-state index contributed by atoms with van der Waals surface area (Å²) in [4.78, 5) is 16.9. The van der Waals surface area contributed by atoms with E-state index in [2.05, 4.69) is 22.4 Å². The summed E-state index contributed by atoms with van der Waals surface area (Å²) in [7, 11) is 0. The molecule has 3 aromatic carbocycles. The first-order valence-electron chi connectivity index (χ1n) is 9.53. The minimum absolute atomic E-state index is 0.116. The van der Waals surface area contributed by atoms with Crippen LogP contribution >= 0.6 is 11.8 Å². The molecule has 0 saturated carbocycles. The predicted molar refractivity (Wildman–Crippen MR) is 119 cm³/mol. The molecule has 6 heteroatoms. The van der Waals surface area contributed by atoms with E-state index in [9.17, 15) is 9.18 Å². The van der Waals surface area contributed by atoms with Crippen LogP contribution in [0.15, 0.2) is 96.4 Å². The summed E-state index contributed by atoms with van der Waals surface area (Å²) in [5, 5.41) is 3.64. The van der Waals surface area contributed by atoms with Gasteiger partial charge in [-0.25, -0.2) is 9.37 Å². The summed E-state index contributed by atoms with van der Waals surface area (Å²) >= 11 is 1.31. The molecule has 4 nitrogen and oxygen atoms in total. The van der Waals surface area contributed by atoms with E-state index in [4.69, 9.17) is 0 Å². The second kappa shape index (κ2) is 9.41. The Morgan fingerprint density at radius 1 is 1.00 bits per heavy atom. The Labute approximate surface area is 178 Å². The molecular weight excluding hydrogens is 397 g/mol. The number of thioether (sulfide) groups is 1. The number of amides is 1. The molecule has 0 atom stereocenters. The maximum absolute atomic E-state index is 13.5. The molecule has 0 aliphatic rings. The predicted octanol–water partition coefficient (Wildman–Crippen LogP) is 5.33. The number of hydrogen-bond donors (Lipinski definition) is 1. The molecule has 0 bridgehead atoms. The number of imidazole rings is 1. The van der Waals surface area contributed by atoms with Crippen molar-refractivity contribution >= 4 is 23.4 Å². The molecule has 0 saturated heterocycles. The number of hydrogen-bond acceptors (Lipinski definition) is 3. The van der Waals surface area contributed by atoms with Gasteiger partial charge in [0.15, 0.2) is 5.16 Å². The highest BCUT2D eigenvalue weighted by Crippen LogP contribution is 2.23. The molecule has 0 radical (unpaired) electrons. The van der Waals surface area contributed by atoms with Crippen molar-refractivity contribution in [2.24, 2.45) is 0 Å². The second-order valence-corrected chi connectivity index (χ2v) is 7.66. The van der Waals surface area contributed by atoms with Gasteiger partial charge >= 0.3 is 0 Å². The molecule has 0 aliphatic carbocycles. The number of carbonyl (C=O) groups is 1. The zero-order valence-corrected chi connectivity index (χ0v) is 17.0. The molecule has 4 rings (SSSR count). The fraction of sp³-hybridized carbons (Fsp3) is 0.0833. The van der Waals surface area contributed by atoms with E-state index in [0.29, 0.717) is 10.8 Å². The summed E-state index contributed by atoms with van der Waals surface area (Å²) in [6.45, 7) is 0. The molecule has 0 fully saturated rings. The number of anilines is 1. The first kappa shape index (κ1) is 19.9.